The van der Waals surface area contributed by atoms with Crippen molar-refractivity contribution >= 4 is 5.97 Å². The smallest absolute Gasteiger partial charge is 0.307 e. The Kier molecular flexibility index (Phi) is 3.82. The summed E-state index contributed by atoms with van der Waals surface area (Å²) in [5.41, 5.74) is 0. The van der Waals surface area contributed by atoms with Crippen molar-refractivity contribution in [2.45, 2.75) is 38.5 Å². The first-order valence-corrected chi connectivity index (χ1v) is 4.92. The van der Waals surface area contributed by atoms with Gasteiger partial charge in [-0.1, -0.05) is 19.3 Å². The molecule has 0 bridgehead atoms. The van der Waals surface area contributed by atoms with Crippen LogP contribution in [0.4, 0.5) is 0 Å². The zero-order valence-electron chi connectivity index (χ0n) is 7.83. The van der Waals surface area contributed by atoms with Crippen molar-refractivity contribution in [3.05, 3.63) is 0 Å². The molecule has 0 amide bonds. The molecule has 1 N–H and O–H groups in total. The normalized spacial score (nSPS) is 20.5. The summed E-state index contributed by atoms with van der Waals surface area (Å²) in [4.78, 5) is 10.9. The summed E-state index contributed by atoms with van der Waals surface area (Å²) >= 11 is 0. The highest BCUT2D eigenvalue weighted by molar-refractivity contribution is 5.70. The minimum Gasteiger partial charge on any atom is -0.481 e. The molecule has 13 heavy (non-hydrogen) atoms. The molecule has 2 nitrogen and oxygen atoms in total. The first-order valence-electron chi connectivity index (χ1n) is 4.92. The first-order chi connectivity index (χ1) is 6.25. The average Bonchev–Trinajstić information content (AvgIpc) is 2.15. The Balaban J connectivity index is 2.52. The molecular formula is C11H16O2. The molecular weight excluding hydrogens is 164 g/mol. The van der Waals surface area contributed by atoms with Crippen molar-refractivity contribution < 1.29 is 9.90 Å². The van der Waals surface area contributed by atoms with E-state index in [0.717, 1.165) is 12.8 Å². The summed E-state index contributed by atoms with van der Waals surface area (Å²) in [7, 11) is 0. The molecule has 1 atom stereocenters. The molecule has 1 fully saturated rings. The van der Waals surface area contributed by atoms with E-state index in [4.69, 9.17) is 11.5 Å². The maximum absolute atomic E-state index is 10.9. The van der Waals surface area contributed by atoms with Gasteiger partial charge < -0.3 is 5.11 Å². The molecule has 0 heterocycles. The highest BCUT2D eigenvalue weighted by atomic mass is 16.4. The highest BCUT2D eigenvalue weighted by Gasteiger charge is 2.28. The largest absolute Gasteiger partial charge is 0.481 e. The van der Waals surface area contributed by atoms with E-state index in [0.29, 0.717) is 12.3 Å². The topological polar surface area (TPSA) is 37.3 Å². The molecule has 2 heteroatoms. The first kappa shape index (κ1) is 10.1. The number of hydrogen-bond donors (Lipinski definition) is 1. The van der Waals surface area contributed by atoms with Crippen LogP contribution in [0.15, 0.2) is 0 Å². The summed E-state index contributed by atoms with van der Waals surface area (Å²) in [6, 6.07) is 0. The Bertz CT molecular complexity index is 209. The van der Waals surface area contributed by atoms with E-state index in [1.54, 1.807) is 0 Å². The summed E-state index contributed by atoms with van der Waals surface area (Å²) < 4.78 is 0. The minimum absolute atomic E-state index is 0.301. The maximum Gasteiger partial charge on any atom is 0.307 e. The average molecular weight is 180 g/mol. The molecule has 1 rings (SSSR count). The molecule has 0 aliphatic heterocycles. The second-order valence-corrected chi connectivity index (χ2v) is 3.75. The van der Waals surface area contributed by atoms with Gasteiger partial charge in [0, 0.05) is 6.42 Å². The Morgan fingerprint density at radius 3 is 2.54 bits per heavy atom. The molecule has 0 aromatic rings. The standard InChI is InChI=1S/C11H16O2/c1-2-6-10(11(12)13)9-7-4-3-5-8-9/h1,9-10H,3-8H2,(H,12,13)/t10-/m0/s1. The van der Waals surface area contributed by atoms with Gasteiger partial charge in [0.1, 0.15) is 0 Å². The van der Waals surface area contributed by atoms with Gasteiger partial charge in [0.05, 0.1) is 5.92 Å². The summed E-state index contributed by atoms with van der Waals surface area (Å²) in [5.74, 6) is 1.77. The van der Waals surface area contributed by atoms with Gasteiger partial charge in [-0.3, -0.25) is 4.79 Å². The quantitative estimate of drug-likeness (QED) is 0.676. The lowest BCUT2D eigenvalue weighted by Crippen LogP contribution is -2.25. The highest BCUT2D eigenvalue weighted by Crippen LogP contribution is 2.31. The van der Waals surface area contributed by atoms with Crippen LogP contribution in [0.1, 0.15) is 38.5 Å². The van der Waals surface area contributed by atoms with Crippen LogP contribution in [0.3, 0.4) is 0 Å². The molecule has 1 aliphatic rings. The van der Waals surface area contributed by atoms with Gasteiger partial charge in [-0.15, -0.1) is 12.3 Å². The van der Waals surface area contributed by atoms with Gasteiger partial charge in [0.2, 0.25) is 0 Å². The van der Waals surface area contributed by atoms with Crippen molar-refractivity contribution in [3.63, 3.8) is 0 Å². The van der Waals surface area contributed by atoms with Crippen LogP contribution in [0.2, 0.25) is 0 Å². The van der Waals surface area contributed by atoms with Crippen LogP contribution < -0.4 is 0 Å². The second kappa shape index (κ2) is 4.91. The Morgan fingerprint density at radius 1 is 1.46 bits per heavy atom. The second-order valence-electron chi connectivity index (χ2n) is 3.75. The predicted molar refractivity (Wildman–Crippen MR) is 51.2 cm³/mol. The van der Waals surface area contributed by atoms with Gasteiger partial charge in [0.15, 0.2) is 0 Å². The molecule has 0 unspecified atom stereocenters. The van der Waals surface area contributed by atoms with E-state index in [1.165, 1.54) is 19.3 Å². The van der Waals surface area contributed by atoms with Crippen LogP contribution in [0.25, 0.3) is 0 Å². The summed E-state index contributed by atoms with van der Waals surface area (Å²) in [6.45, 7) is 0. The van der Waals surface area contributed by atoms with E-state index in [-0.39, 0.29) is 5.92 Å². The van der Waals surface area contributed by atoms with Gasteiger partial charge >= 0.3 is 5.97 Å². The third-order valence-electron chi connectivity index (χ3n) is 2.87. The minimum atomic E-state index is -0.718. The van der Waals surface area contributed by atoms with E-state index >= 15 is 0 Å². The lowest BCUT2D eigenvalue weighted by atomic mass is 9.79. The van der Waals surface area contributed by atoms with Crippen LogP contribution >= 0.6 is 0 Å². The third-order valence-corrected chi connectivity index (χ3v) is 2.87. The van der Waals surface area contributed by atoms with Crippen molar-refractivity contribution in [3.8, 4) is 12.3 Å². The number of terminal acetylenes is 1. The molecule has 0 aromatic heterocycles. The fourth-order valence-electron chi connectivity index (χ4n) is 2.12. The fourth-order valence-corrected chi connectivity index (χ4v) is 2.12. The number of carboxylic acids is 1. The van der Waals surface area contributed by atoms with Gasteiger partial charge in [-0.2, -0.15) is 0 Å². The Morgan fingerprint density at radius 2 is 2.08 bits per heavy atom. The van der Waals surface area contributed by atoms with E-state index < -0.39 is 5.97 Å². The lowest BCUT2D eigenvalue weighted by molar-refractivity contribution is -0.143. The molecule has 1 aliphatic carbocycles. The van der Waals surface area contributed by atoms with E-state index in [9.17, 15) is 4.79 Å². The lowest BCUT2D eigenvalue weighted by Gasteiger charge is -2.26. The summed E-state index contributed by atoms with van der Waals surface area (Å²) in [6.07, 6.45) is 11.2. The van der Waals surface area contributed by atoms with Crippen molar-refractivity contribution in [1.82, 2.24) is 0 Å². The molecule has 0 aromatic carbocycles. The monoisotopic (exact) mass is 180 g/mol. The van der Waals surface area contributed by atoms with Crippen LogP contribution in [0, 0.1) is 24.2 Å². The zero-order valence-corrected chi connectivity index (χ0v) is 7.83. The number of carboxylic acid groups (broad SMARTS) is 1. The van der Waals surface area contributed by atoms with Gasteiger partial charge in [0.25, 0.3) is 0 Å². The molecule has 1 saturated carbocycles. The van der Waals surface area contributed by atoms with Crippen LogP contribution in [0.5, 0.6) is 0 Å². The van der Waals surface area contributed by atoms with Crippen molar-refractivity contribution in [2.24, 2.45) is 11.8 Å². The van der Waals surface area contributed by atoms with Gasteiger partial charge in [-0.25, -0.2) is 0 Å². The SMILES string of the molecule is C#CC[C@H](C(=O)O)C1CCCCC1. The van der Waals surface area contributed by atoms with Crippen LogP contribution in [-0.2, 0) is 4.79 Å². The number of carbonyl (C=O) groups is 1. The Labute approximate surface area is 79.3 Å². The van der Waals surface area contributed by atoms with Crippen LogP contribution in [-0.4, -0.2) is 11.1 Å². The number of aliphatic carboxylic acids is 1. The predicted octanol–water partition coefficient (Wildman–Crippen LogP) is 2.29. The molecule has 0 radical (unpaired) electrons. The molecule has 72 valence electrons. The van der Waals surface area contributed by atoms with E-state index in [1.807, 2.05) is 0 Å². The van der Waals surface area contributed by atoms with E-state index in [2.05, 4.69) is 5.92 Å². The number of hydrogen-bond acceptors (Lipinski definition) is 1. The van der Waals surface area contributed by atoms with Gasteiger partial charge in [-0.05, 0) is 18.8 Å². The fraction of sp³-hybridized carbons (Fsp3) is 0.727. The molecule has 0 saturated heterocycles. The van der Waals surface area contributed by atoms with Crippen molar-refractivity contribution in [1.29, 1.82) is 0 Å². The summed E-state index contributed by atoms with van der Waals surface area (Å²) in [5, 5.41) is 8.96. The maximum atomic E-state index is 10.9. The third kappa shape index (κ3) is 2.77. The molecule has 0 spiro atoms. The van der Waals surface area contributed by atoms with Crippen molar-refractivity contribution in [2.75, 3.05) is 0 Å². The Hall–Kier alpha value is -0.970. The number of rotatable bonds is 3. The zero-order chi connectivity index (χ0) is 9.68.